The lowest BCUT2D eigenvalue weighted by Gasteiger charge is -1.93. The molecule has 0 saturated heterocycles. The van der Waals surface area contributed by atoms with Crippen LogP contribution in [-0.2, 0) is 8.91 Å². The fourth-order valence-electron chi connectivity index (χ4n) is 0.236. The molecular formula is C3H8O3Si2. The predicted molar refractivity (Wildman–Crippen MR) is 36.3 cm³/mol. The molecule has 1 N–H and O–H groups in total. The van der Waals surface area contributed by atoms with E-state index in [1.165, 1.54) is 0 Å². The number of carboxylic acids is 1. The SMILES string of the molecule is C=C([SiH2]O[SiH3])C(=O)O. The summed E-state index contributed by atoms with van der Waals surface area (Å²) in [5, 5.41) is 8.43. The number of aliphatic carboxylic acids is 1. The van der Waals surface area contributed by atoms with E-state index in [1.807, 2.05) is 0 Å². The number of hydrogen-bond acceptors (Lipinski definition) is 2. The first-order valence-electron chi connectivity index (χ1n) is 2.08. The molecule has 0 heterocycles. The van der Waals surface area contributed by atoms with Gasteiger partial charge in [-0.3, -0.25) is 0 Å². The van der Waals surface area contributed by atoms with Crippen LogP contribution < -0.4 is 0 Å². The smallest absolute Gasteiger partial charge is 0.328 e. The van der Waals surface area contributed by atoms with Crippen molar-refractivity contribution in [2.45, 2.75) is 0 Å². The van der Waals surface area contributed by atoms with E-state index in [0.717, 1.165) is 0 Å². The van der Waals surface area contributed by atoms with Crippen molar-refractivity contribution in [3.8, 4) is 0 Å². The average Bonchev–Trinajstić information content (AvgIpc) is 1.67. The summed E-state index contributed by atoms with van der Waals surface area (Å²) in [4.78, 5) is 9.96. The van der Waals surface area contributed by atoms with E-state index in [0.29, 0.717) is 10.5 Å². The van der Waals surface area contributed by atoms with Crippen LogP contribution in [0.1, 0.15) is 0 Å². The second-order valence-corrected chi connectivity index (χ2v) is 4.79. The van der Waals surface area contributed by atoms with Gasteiger partial charge in [0.15, 0.2) is 9.76 Å². The molecule has 0 amide bonds. The summed E-state index contributed by atoms with van der Waals surface area (Å²) in [6.45, 7) is 3.30. The van der Waals surface area contributed by atoms with Gasteiger partial charge in [-0.25, -0.2) is 4.79 Å². The standard InChI is InChI=1S/C3H8O3Si2/c1-2(3(4)5)8-6-7/h1,8H2,7H3,(H,4,5). The van der Waals surface area contributed by atoms with Gasteiger partial charge in [-0.15, -0.1) is 0 Å². The Morgan fingerprint density at radius 1 is 1.88 bits per heavy atom. The largest absolute Gasteiger partial charge is 0.478 e. The van der Waals surface area contributed by atoms with Crippen molar-refractivity contribution in [3.63, 3.8) is 0 Å². The van der Waals surface area contributed by atoms with Gasteiger partial charge in [0.25, 0.3) is 0 Å². The summed E-state index contributed by atoms with van der Waals surface area (Å²) >= 11 is 0. The van der Waals surface area contributed by atoms with Crippen LogP contribution in [-0.4, -0.2) is 31.3 Å². The van der Waals surface area contributed by atoms with Gasteiger partial charge < -0.3 is 9.22 Å². The highest BCUT2D eigenvalue weighted by Gasteiger charge is 2.00. The van der Waals surface area contributed by atoms with E-state index < -0.39 is 15.7 Å². The quantitative estimate of drug-likeness (QED) is 0.371. The molecule has 0 radical (unpaired) electrons. The van der Waals surface area contributed by atoms with Crippen LogP contribution in [0.3, 0.4) is 0 Å². The molecule has 0 aromatic rings. The average molecular weight is 148 g/mol. The Bertz CT molecular complexity index is 111. The highest BCUT2D eigenvalue weighted by atomic mass is 28.3. The Kier molecular flexibility index (Phi) is 3.41. The van der Waals surface area contributed by atoms with Gasteiger partial charge in [0.1, 0.15) is 10.5 Å². The number of carbonyl (C=O) groups is 1. The molecule has 0 aliphatic carbocycles. The molecule has 0 spiro atoms. The molecule has 0 bridgehead atoms. The van der Waals surface area contributed by atoms with E-state index in [2.05, 4.69) is 6.58 Å². The third-order valence-electron chi connectivity index (χ3n) is 0.621. The van der Waals surface area contributed by atoms with Crippen molar-refractivity contribution < 1.29 is 14.0 Å². The molecule has 0 aliphatic rings. The predicted octanol–water partition coefficient (Wildman–Crippen LogP) is -2.03. The maximum atomic E-state index is 9.96. The third kappa shape index (κ3) is 2.72. The van der Waals surface area contributed by atoms with Crippen molar-refractivity contribution in [1.82, 2.24) is 0 Å². The summed E-state index contributed by atoms with van der Waals surface area (Å²) in [5.74, 6) is -0.924. The molecule has 0 saturated carbocycles. The van der Waals surface area contributed by atoms with Gasteiger partial charge in [-0.05, 0) is 0 Å². The van der Waals surface area contributed by atoms with Crippen LogP contribution in [0, 0.1) is 0 Å². The maximum Gasteiger partial charge on any atom is 0.328 e. The zero-order valence-electron chi connectivity index (χ0n) is 4.68. The lowest BCUT2D eigenvalue weighted by Crippen LogP contribution is -2.08. The summed E-state index contributed by atoms with van der Waals surface area (Å²) < 4.78 is 4.76. The first kappa shape index (κ1) is 7.60. The maximum absolute atomic E-state index is 9.96. The Balaban J connectivity index is 3.49. The van der Waals surface area contributed by atoms with Gasteiger partial charge in [0.2, 0.25) is 0 Å². The van der Waals surface area contributed by atoms with E-state index in [-0.39, 0.29) is 5.20 Å². The second kappa shape index (κ2) is 3.59. The summed E-state index contributed by atoms with van der Waals surface area (Å²) in [7, 11) is -0.313. The Morgan fingerprint density at radius 2 is 2.38 bits per heavy atom. The Labute approximate surface area is 52.8 Å². The van der Waals surface area contributed by atoms with Crippen molar-refractivity contribution >= 4 is 26.2 Å². The fourth-order valence-corrected chi connectivity index (χ4v) is 1.75. The van der Waals surface area contributed by atoms with Crippen LogP contribution in [0.5, 0.6) is 0 Å². The van der Waals surface area contributed by atoms with Crippen LogP contribution in [0.4, 0.5) is 0 Å². The Morgan fingerprint density at radius 3 is 2.50 bits per heavy atom. The van der Waals surface area contributed by atoms with E-state index in [9.17, 15) is 4.79 Å². The highest BCUT2D eigenvalue weighted by Crippen LogP contribution is 1.84. The van der Waals surface area contributed by atoms with Crippen LogP contribution >= 0.6 is 0 Å². The van der Waals surface area contributed by atoms with Crippen molar-refractivity contribution in [2.24, 2.45) is 0 Å². The molecule has 0 rings (SSSR count). The summed E-state index contributed by atoms with van der Waals surface area (Å²) in [5.41, 5.74) is 0. The van der Waals surface area contributed by atoms with Gasteiger partial charge in [0, 0.05) is 5.20 Å². The van der Waals surface area contributed by atoms with E-state index >= 15 is 0 Å². The molecule has 0 aromatic heterocycles. The lowest BCUT2D eigenvalue weighted by molar-refractivity contribution is -0.131. The van der Waals surface area contributed by atoms with E-state index in [4.69, 9.17) is 9.22 Å². The minimum atomic E-state index is -0.934. The van der Waals surface area contributed by atoms with Crippen molar-refractivity contribution in [3.05, 3.63) is 11.8 Å². The molecule has 5 heteroatoms. The molecule has 0 aromatic carbocycles. The molecule has 3 nitrogen and oxygen atoms in total. The monoisotopic (exact) mass is 148 g/mol. The van der Waals surface area contributed by atoms with Crippen LogP contribution in [0.2, 0.25) is 0 Å². The topological polar surface area (TPSA) is 46.5 Å². The normalized spacial score (nSPS) is 10.5. The molecule has 46 valence electrons. The molecule has 0 fully saturated rings. The minimum Gasteiger partial charge on any atom is -0.478 e. The van der Waals surface area contributed by atoms with E-state index in [1.54, 1.807) is 0 Å². The fraction of sp³-hybridized carbons (Fsp3) is 0. The first-order valence-corrected chi connectivity index (χ1v) is 4.18. The zero-order chi connectivity index (χ0) is 6.57. The summed E-state index contributed by atoms with van der Waals surface area (Å²) in [6.07, 6.45) is 0. The Hall–Kier alpha value is -0.396. The third-order valence-corrected chi connectivity index (χ3v) is 2.43. The zero-order valence-corrected chi connectivity index (χ0v) is 8.09. The minimum absolute atomic E-state index is 0.250. The van der Waals surface area contributed by atoms with Gasteiger partial charge in [-0.2, -0.15) is 0 Å². The molecule has 0 atom stereocenters. The van der Waals surface area contributed by atoms with Crippen LogP contribution in [0.25, 0.3) is 0 Å². The van der Waals surface area contributed by atoms with Crippen molar-refractivity contribution in [1.29, 1.82) is 0 Å². The van der Waals surface area contributed by atoms with Crippen molar-refractivity contribution in [2.75, 3.05) is 0 Å². The molecular weight excluding hydrogens is 140 g/mol. The number of carboxylic acid groups (broad SMARTS) is 1. The summed E-state index contributed by atoms with van der Waals surface area (Å²) in [6, 6.07) is 0. The molecule has 0 aliphatic heterocycles. The first-order chi connectivity index (χ1) is 3.68. The van der Waals surface area contributed by atoms with Gasteiger partial charge >= 0.3 is 5.97 Å². The van der Waals surface area contributed by atoms with Gasteiger partial charge in [0.05, 0.1) is 0 Å². The highest BCUT2D eigenvalue weighted by molar-refractivity contribution is 6.50. The number of rotatable bonds is 3. The second-order valence-electron chi connectivity index (χ2n) is 1.34. The van der Waals surface area contributed by atoms with Crippen LogP contribution in [0.15, 0.2) is 11.8 Å². The van der Waals surface area contributed by atoms with Gasteiger partial charge in [-0.1, -0.05) is 6.58 Å². The lowest BCUT2D eigenvalue weighted by atomic mass is 10.7. The number of hydrogen-bond donors (Lipinski definition) is 1. The molecule has 8 heavy (non-hydrogen) atoms. The molecule has 0 unspecified atom stereocenters.